The van der Waals surface area contributed by atoms with Gasteiger partial charge in [0.25, 0.3) is 0 Å². The Bertz CT molecular complexity index is 611. The van der Waals surface area contributed by atoms with Gasteiger partial charge in [0, 0.05) is 38.4 Å². The Hall–Kier alpha value is -2.00. The minimum absolute atomic E-state index is 0.0304. The molecule has 4 N–H and O–H groups in total. The van der Waals surface area contributed by atoms with E-state index in [1.807, 2.05) is 13.8 Å². The molecule has 1 fully saturated rings. The van der Waals surface area contributed by atoms with Gasteiger partial charge in [-0.2, -0.15) is 0 Å². The SMILES string of the molecule is CCCCC[C@H](CC(=O)NO)C(=O)[C@@H]1CNCCN1C(=O)N[C@@H](CC(C)C)C(=O)CC. The third-order valence-corrected chi connectivity index (χ3v) is 5.69. The number of Topliss-reactive ketones (excluding diaryl/α,β-unsaturated/α-hetero) is 2. The average molecular weight is 441 g/mol. The maximum Gasteiger partial charge on any atom is 0.318 e. The molecule has 0 aromatic rings. The number of hydroxylamine groups is 1. The molecule has 0 spiro atoms. The smallest absolute Gasteiger partial charge is 0.318 e. The normalized spacial score (nSPS) is 18.4. The average Bonchev–Trinajstić information content (AvgIpc) is 2.76. The molecule has 0 unspecified atom stereocenters. The minimum Gasteiger partial charge on any atom is -0.328 e. The lowest BCUT2D eigenvalue weighted by Crippen LogP contribution is -2.61. The van der Waals surface area contributed by atoms with Gasteiger partial charge in [0.15, 0.2) is 11.6 Å². The van der Waals surface area contributed by atoms with E-state index in [2.05, 4.69) is 17.6 Å². The van der Waals surface area contributed by atoms with E-state index in [0.717, 1.165) is 19.3 Å². The monoisotopic (exact) mass is 440 g/mol. The quantitative estimate of drug-likeness (QED) is 0.197. The summed E-state index contributed by atoms with van der Waals surface area (Å²) >= 11 is 0. The van der Waals surface area contributed by atoms with Crippen molar-refractivity contribution in [1.29, 1.82) is 0 Å². The first kappa shape index (κ1) is 27.0. The summed E-state index contributed by atoms with van der Waals surface area (Å²) in [6.07, 6.45) is 3.99. The van der Waals surface area contributed by atoms with Crippen molar-refractivity contribution in [2.45, 2.75) is 84.7 Å². The van der Waals surface area contributed by atoms with Gasteiger partial charge in [0.05, 0.1) is 6.04 Å². The Labute approximate surface area is 185 Å². The Morgan fingerprint density at radius 1 is 1.16 bits per heavy atom. The van der Waals surface area contributed by atoms with Crippen LogP contribution in [0.1, 0.15) is 72.6 Å². The summed E-state index contributed by atoms with van der Waals surface area (Å²) in [6.45, 7) is 8.99. The van der Waals surface area contributed by atoms with Crippen LogP contribution in [0.25, 0.3) is 0 Å². The molecule has 0 aromatic carbocycles. The first-order chi connectivity index (χ1) is 14.7. The molecular formula is C22H40N4O5. The van der Waals surface area contributed by atoms with Crippen LogP contribution in [0.2, 0.25) is 0 Å². The van der Waals surface area contributed by atoms with Crippen LogP contribution < -0.4 is 16.1 Å². The third-order valence-electron chi connectivity index (χ3n) is 5.69. The molecule has 3 amide bonds. The molecule has 3 atom stereocenters. The summed E-state index contributed by atoms with van der Waals surface area (Å²) in [5, 5.41) is 14.9. The van der Waals surface area contributed by atoms with Crippen molar-refractivity contribution in [2.24, 2.45) is 11.8 Å². The Balaban J connectivity index is 2.97. The van der Waals surface area contributed by atoms with Crippen molar-refractivity contribution in [3.8, 4) is 0 Å². The standard InChI is InChI=1S/C22H40N4O5/c1-5-7-8-9-16(13-20(28)25-31)21(29)18-14-23-10-11-26(18)22(30)24-17(12-15(3)4)19(27)6-2/h15-18,23,31H,5-14H2,1-4H3,(H,24,30)(H,25,28)/t16-,17+,18+/m1/s1. The van der Waals surface area contributed by atoms with Gasteiger partial charge in [-0.3, -0.25) is 19.6 Å². The van der Waals surface area contributed by atoms with E-state index in [0.29, 0.717) is 38.9 Å². The van der Waals surface area contributed by atoms with Gasteiger partial charge in [0.2, 0.25) is 5.91 Å². The molecule has 1 saturated heterocycles. The highest BCUT2D eigenvalue weighted by Gasteiger charge is 2.37. The molecule has 0 bridgehead atoms. The molecule has 0 aliphatic carbocycles. The molecule has 0 radical (unpaired) electrons. The van der Waals surface area contributed by atoms with Gasteiger partial charge >= 0.3 is 6.03 Å². The minimum atomic E-state index is -0.719. The van der Waals surface area contributed by atoms with Crippen molar-refractivity contribution in [1.82, 2.24) is 21.0 Å². The summed E-state index contributed by atoms with van der Waals surface area (Å²) in [5.41, 5.74) is 1.60. The van der Waals surface area contributed by atoms with Gasteiger partial charge < -0.3 is 15.5 Å². The fraction of sp³-hybridized carbons (Fsp3) is 0.818. The van der Waals surface area contributed by atoms with E-state index in [9.17, 15) is 19.2 Å². The lowest BCUT2D eigenvalue weighted by molar-refractivity contribution is -0.136. The molecule has 1 heterocycles. The summed E-state index contributed by atoms with van der Waals surface area (Å²) in [7, 11) is 0. The topological polar surface area (TPSA) is 128 Å². The van der Waals surface area contributed by atoms with Crippen LogP contribution in [0, 0.1) is 11.8 Å². The molecule has 0 saturated carbocycles. The van der Waals surface area contributed by atoms with E-state index in [4.69, 9.17) is 5.21 Å². The van der Waals surface area contributed by atoms with Gasteiger partial charge in [0.1, 0.15) is 6.04 Å². The van der Waals surface area contributed by atoms with E-state index in [-0.39, 0.29) is 23.9 Å². The maximum absolute atomic E-state index is 13.3. The number of carbonyl (C=O) groups is 4. The molecule has 9 nitrogen and oxygen atoms in total. The lowest BCUT2D eigenvalue weighted by atomic mass is 9.88. The molecule has 178 valence electrons. The molecule has 0 aromatic heterocycles. The second kappa shape index (κ2) is 14.1. The summed E-state index contributed by atoms with van der Waals surface area (Å²) in [4.78, 5) is 51.9. The lowest BCUT2D eigenvalue weighted by Gasteiger charge is -2.37. The van der Waals surface area contributed by atoms with E-state index in [1.165, 1.54) is 4.90 Å². The summed E-state index contributed by atoms with van der Waals surface area (Å²) < 4.78 is 0. The van der Waals surface area contributed by atoms with E-state index < -0.39 is 29.9 Å². The number of piperazine rings is 1. The van der Waals surface area contributed by atoms with Crippen molar-refractivity contribution in [2.75, 3.05) is 19.6 Å². The van der Waals surface area contributed by atoms with Crippen LogP contribution in [0.15, 0.2) is 0 Å². The molecule has 9 heteroatoms. The number of rotatable bonds is 13. The Morgan fingerprint density at radius 3 is 2.45 bits per heavy atom. The summed E-state index contributed by atoms with van der Waals surface area (Å²) in [5.74, 6) is -1.18. The highest BCUT2D eigenvalue weighted by atomic mass is 16.5. The number of carbonyl (C=O) groups excluding carboxylic acids is 4. The number of amides is 3. The fourth-order valence-corrected chi connectivity index (χ4v) is 3.95. The molecule has 1 rings (SSSR count). The second-order valence-electron chi connectivity index (χ2n) is 8.70. The largest absolute Gasteiger partial charge is 0.328 e. The van der Waals surface area contributed by atoms with Crippen LogP contribution in [-0.4, -0.2) is 65.3 Å². The van der Waals surface area contributed by atoms with Crippen molar-refractivity contribution < 1.29 is 24.4 Å². The van der Waals surface area contributed by atoms with E-state index in [1.54, 1.807) is 12.4 Å². The number of hydrogen-bond donors (Lipinski definition) is 4. The third kappa shape index (κ3) is 8.95. The Kier molecular flexibility index (Phi) is 12.3. The number of unbranched alkanes of at least 4 members (excludes halogenated alkanes) is 2. The number of ketones is 2. The number of nitrogens with zero attached hydrogens (tertiary/aromatic N) is 1. The zero-order valence-corrected chi connectivity index (χ0v) is 19.4. The van der Waals surface area contributed by atoms with Crippen LogP contribution in [0.3, 0.4) is 0 Å². The maximum atomic E-state index is 13.3. The first-order valence-electron chi connectivity index (χ1n) is 11.5. The number of nitrogens with one attached hydrogen (secondary N) is 3. The predicted molar refractivity (Wildman–Crippen MR) is 118 cm³/mol. The Morgan fingerprint density at radius 2 is 1.87 bits per heavy atom. The van der Waals surface area contributed by atoms with Gasteiger partial charge in [-0.05, 0) is 18.8 Å². The number of urea groups is 1. The summed E-state index contributed by atoms with van der Waals surface area (Å²) in [6, 6.07) is -1.72. The van der Waals surface area contributed by atoms with Gasteiger partial charge in [-0.25, -0.2) is 10.3 Å². The zero-order valence-electron chi connectivity index (χ0n) is 19.4. The van der Waals surface area contributed by atoms with Crippen molar-refractivity contribution in [3.05, 3.63) is 0 Å². The van der Waals surface area contributed by atoms with Crippen molar-refractivity contribution in [3.63, 3.8) is 0 Å². The second-order valence-corrected chi connectivity index (χ2v) is 8.70. The van der Waals surface area contributed by atoms with Crippen LogP contribution in [0.5, 0.6) is 0 Å². The van der Waals surface area contributed by atoms with Crippen LogP contribution >= 0.6 is 0 Å². The highest BCUT2D eigenvalue weighted by molar-refractivity contribution is 5.94. The van der Waals surface area contributed by atoms with Crippen LogP contribution in [0.4, 0.5) is 4.79 Å². The zero-order chi connectivity index (χ0) is 23.4. The number of hydrogen-bond acceptors (Lipinski definition) is 6. The van der Waals surface area contributed by atoms with Gasteiger partial charge in [-0.15, -0.1) is 0 Å². The fourth-order valence-electron chi connectivity index (χ4n) is 3.95. The van der Waals surface area contributed by atoms with E-state index >= 15 is 0 Å². The highest BCUT2D eigenvalue weighted by Crippen LogP contribution is 2.20. The molecule has 1 aliphatic rings. The first-order valence-corrected chi connectivity index (χ1v) is 11.5. The van der Waals surface area contributed by atoms with Crippen LogP contribution in [-0.2, 0) is 14.4 Å². The molecule has 31 heavy (non-hydrogen) atoms. The molecular weight excluding hydrogens is 400 g/mol. The van der Waals surface area contributed by atoms with Crippen molar-refractivity contribution >= 4 is 23.5 Å². The van der Waals surface area contributed by atoms with Gasteiger partial charge in [-0.1, -0.05) is 47.0 Å². The predicted octanol–water partition coefficient (Wildman–Crippen LogP) is 2.02. The molecule has 1 aliphatic heterocycles.